The summed E-state index contributed by atoms with van der Waals surface area (Å²) < 4.78 is 5.53. The molecule has 2 rings (SSSR count). The van der Waals surface area contributed by atoms with Crippen LogP contribution in [0.1, 0.15) is 10.4 Å². The number of carbonyl (C=O) groups is 1. The summed E-state index contributed by atoms with van der Waals surface area (Å²) in [6.45, 7) is 0. The van der Waals surface area contributed by atoms with Gasteiger partial charge in [0, 0.05) is 31.9 Å². The molecule has 92 valence electrons. The van der Waals surface area contributed by atoms with Crippen molar-refractivity contribution >= 4 is 5.91 Å². The number of hydrogen-bond acceptors (Lipinski definition) is 4. The highest BCUT2D eigenvalue weighted by atomic mass is 16.5. The van der Waals surface area contributed by atoms with Crippen molar-refractivity contribution in [3.63, 3.8) is 0 Å². The predicted molar refractivity (Wildman–Crippen MR) is 66.6 cm³/mol. The Balaban J connectivity index is 2.20. The Morgan fingerprint density at radius 1 is 1.28 bits per heavy atom. The molecule has 0 fully saturated rings. The molecular weight excluding hydrogens is 230 g/mol. The van der Waals surface area contributed by atoms with Crippen molar-refractivity contribution in [1.29, 1.82) is 0 Å². The number of amides is 1. The van der Waals surface area contributed by atoms with Crippen LogP contribution in [0.5, 0.6) is 11.6 Å². The summed E-state index contributed by atoms with van der Waals surface area (Å²) in [5.41, 5.74) is 0.576. The van der Waals surface area contributed by atoms with Crippen molar-refractivity contribution in [2.24, 2.45) is 0 Å². The molecule has 0 aliphatic carbocycles. The Labute approximate surface area is 105 Å². The first-order valence-corrected chi connectivity index (χ1v) is 5.42. The quantitative estimate of drug-likeness (QED) is 0.827. The molecule has 0 saturated carbocycles. The molecular formula is C13H13N3O2. The molecule has 0 spiro atoms. The highest BCUT2D eigenvalue weighted by molar-refractivity contribution is 5.94. The van der Waals surface area contributed by atoms with Crippen LogP contribution in [0.4, 0.5) is 0 Å². The van der Waals surface area contributed by atoms with Gasteiger partial charge >= 0.3 is 0 Å². The lowest BCUT2D eigenvalue weighted by Gasteiger charge is -2.11. The number of carbonyl (C=O) groups excluding carboxylic acids is 1. The van der Waals surface area contributed by atoms with Crippen LogP contribution < -0.4 is 4.74 Å². The first-order chi connectivity index (χ1) is 8.66. The van der Waals surface area contributed by atoms with Crippen LogP contribution in [0.3, 0.4) is 0 Å². The summed E-state index contributed by atoms with van der Waals surface area (Å²) >= 11 is 0. The van der Waals surface area contributed by atoms with Gasteiger partial charge in [-0.25, -0.2) is 9.97 Å². The Bertz CT molecular complexity index is 541. The summed E-state index contributed by atoms with van der Waals surface area (Å²) in [5.74, 6) is 0.948. The van der Waals surface area contributed by atoms with Crippen LogP contribution in [-0.4, -0.2) is 34.9 Å². The number of benzene rings is 1. The van der Waals surface area contributed by atoms with E-state index in [-0.39, 0.29) is 5.91 Å². The molecule has 2 aromatic rings. The van der Waals surface area contributed by atoms with Gasteiger partial charge in [0.15, 0.2) is 0 Å². The molecule has 18 heavy (non-hydrogen) atoms. The molecule has 0 unspecified atom stereocenters. The highest BCUT2D eigenvalue weighted by Gasteiger charge is 2.09. The molecule has 0 aliphatic rings. The van der Waals surface area contributed by atoms with Gasteiger partial charge in [-0.05, 0) is 18.2 Å². The zero-order chi connectivity index (χ0) is 13.0. The molecule has 1 aromatic heterocycles. The molecule has 1 amide bonds. The van der Waals surface area contributed by atoms with Gasteiger partial charge in [-0.1, -0.05) is 6.07 Å². The molecule has 0 bridgehead atoms. The lowest BCUT2D eigenvalue weighted by atomic mass is 10.2. The minimum Gasteiger partial charge on any atom is -0.439 e. The molecule has 0 saturated heterocycles. The van der Waals surface area contributed by atoms with E-state index in [9.17, 15) is 4.79 Å². The maximum atomic E-state index is 11.8. The topological polar surface area (TPSA) is 55.3 Å². The molecule has 0 radical (unpaired) electrons. The largest absolute Gasteiger partial charge is 0.439 e. The van der Waals surface area contributed by atoms with Crippen LogP contribution in [0, 0.1) is 0 Å². The van der Waals surface area contributed by atoms with E-state index in [2.05, 4.69) is 9.97 Å². The highest BCUT2D eigenvalue weighted by Crippen LogP contribution is 2.20. The SMILES string of the molecule is CN(C)C(=O)c1cccc(Oc2ccncn2)c1. The smallest absolute Gasteiger partial charge is 0.253 e. The molecule has 1 heterocycles. The average Bonchev–Trinajstić information content (AvgIpc) is 2.39. The van der Waals surface area contributed by atoms with E-state index < -0.39 is 0 Å². The summed E-state index contributed by atoms with van der Waals surface area (Å²) in [5, 5.41) is 0. The molecule has 0 N–H and O–H groups in total. The van der Waals surface area contributed by atoms with E-state index in [1.165, 1.54) is 11.2 Å². The first kappa shape index (κ1) is 12.0. The van der Waals surface area contributed by atoms with Crippen LogP contribution in [0.2, 0.25) is 0 Å². The van der Waals surface area contributed by atoms with E-state index in [1.54, 1.807) is 50.6 Å². The van der Waals surface area contributed by atoms with E-state index in [0.29, 0.717) is 17.2 Å². The van der Waals surface area contributed by atoms with Gasteiger partial charge in [-0.2, -0.15) is 0 Å². The summed E-state index contributed by atoms with van der Waals surface area (Å²) in [6.07, 6.45) is 3.00. The number of hydrogen-bond donors (Lipinski definition) is 0. The second-order valence-electron chi connectivity index (χ2n) is 3.88. The van der Waals surface area contributed by atoms with E-state index in [1.807, 2.05) is 0 Å². The van der Waals surface area contributed by atoms with Gasteiger partial charge in [0.1, 0.15) is 12.1 Å². The van der Waals surface area contributed by atoms with Gasteiger partial charge < -0.3 is 9.64 Å². The lowest BCUT2D eigenvalue weighted by Crippen LogP contribution is -2.21. The number of aromatic nitrogens is 2. The summed E-state index contributed by atoms with van der Waals surface area (Å²) in [4.78, 5) is 21.1. The Morgan fingerprint density at radius 3 is 2.78 bits per heavy atom. The van der Waals surface area contributed by atoms with Crippen molar-refractivity contribution in [3.8, 4) is 11.6 Å². The predicted octanol–water partition coefficient (Wildman–Crippen LogP) is 1.97. The molecule has 0 aliphatic heterocycles. The maximum Gasteiger partial charge on any atom is 0.253 e. The van der Waals surface area contributed by atoms with E-state index >= 15 is 0 Å². The van der Waals surface area contributed by atoms with Gasteiger partial charge in [0.05, 0.1) is 0 Å². The van der Waals surface area contributed by atoms with Crippen molar-refractivity contribution in [1.82, 2.24) is 14.9 Å². The van der Waals surface area contributed by atoms with Crippen molar-refractivity contribution in [2.75, 3.05) is 14.1 Å². The Hall–Kier alpha value is -2.43. The van der Waals surface area contributed by atoms with Gasteiger partial charge in [-0.15, -0.1) is 0 Å². The summed E-state index contributed by atoms with van der Waals surface area (Å²) in [7, 11) is 3.42. The fourth-order valence-corrected chi connectivity index (χ4v) is 1.41. The minimum atomic E-state index is -0.0665. The zero-order valence-corrected chi connectivity index (χ0v) is 10.2. The van der Waals surface area contributed by atoms with Crippen molar-refractivity contribution < 1.29 is 9.53 Å². The van der Waals surface area contributed by atoms with Crippen LogP contribution in [0.25, 0.3) is 0 Å². The normalized spacial score (nSPS) is 9.89. The summed E-state index contributed by atoms with van der Waals surface area (Å²) in [6, 6.07) is 8.63. The monoisotopic (exact) mass is 243 g/mol. The first-order valence-electron chi connectivity index (χ1n) is 5.42. The molecule has 0 atom stereocenters. The number of nitrogens with zero attached hydrogens (tertiary/aromatic N) is 3. The third-order valence-electron chi connectivity index (χ3n) is 2.26. The number of rotatable bonds is 3. The van der Waals surface area contributed by atoms with Crippen molar-refractivity contribution in [2.45, 2.75) is 0 Å². The molecule has 5 nitrogen and oxygen atoms in total. The second-order valence-corrected chi connectivity index (χ2v) is 3.88. The van der Waals surface area contributed by atoms with E-state index in [0.717, 1.165) is 0 Å². The second kappa shape index (κ2) is 5.27. The average molecular weight is 243 g/mol. The fourth-order valence-electron chi connectivity index (χ4n) is 1.41. The fraction of sp³-hybridized carbons (Fsp3) is 0.154. The lowest BCUT2D eigenvalue weighted by molar-refractivity contribution is 0.0827. The van der Waals surface area contributed by atoms with E-state index in [4.69, 9.17) is 4.74 Å². The van der Waals surface area contributed by atoms with Gasteiger partial charge in [0.2, 0.25) is 5.88 Å². The standard InChI is InChI=1S/C13H13N3O2/c1-16(2)13(17)10-4-3-5-11(8-10)18-12-6-7-14-9-15-12/h3-9H,1-2H3. The zero-order valence-electron chi connectivity index (χ0n) is 10.2. The third-order valence-corrected chi connectivity index (χ3v) is 2.26. The number of ether oxygens (including phenoxy) is 1. The van der Waals surface area contributed by atoms with Gasteiger partial charge in [0.25, 0.3) is 5.91 Å². The van der Waals surface area contributed by atoms with Crippen LogP contribution in [0.15, 0.2) is 42.9 Å². The maximum absolute atomic E-state index is 11.8. The third kappa shape index (κ3) is 2.82. The van der Waals surface area contributed by atoms with Crippen LogP contribution >= 0.6 is 0 Å². The van der Waals surface area contributed by atoms with Crippen molar-refractivity contribution in [3.05, 3.63) is 48.4 Å². The Morgan fingerprint density at radius 2 is 2.11 bits per heavy atom. The molecule has 5 heteroatoms. The minimum absolute atomic E-state index is 0.0665. The molecule has 1 aromatic carbocycles. The Kier molecular flexibility index (Phi) is 3.52. The van der Waals surface area contributed by atoms with Gasteiger partial charge in [-0.3, -0.25) is 4.79 Å². The van der Waals surface area contributed by atoms with Crippen LogP contribution in [-0.2, 0) is 0 Å².